The van der Waals surface area contributed by atoms with E-state index in [2.05, 4.69) is 22.5 Å². The average molecular weight is 399 g/mol. The second kappa shape index (κ2) is 6.66. The SMILES string of the molecule is Cc1cc2cc(C(=O)C3=CC4C(C=C3)C4(C)O)sc2n1CCN1CCOCC1. The standard InChI is InChI=1S/C22H26N2O3S/c1-14-11-16-13-19(20(25)15-3-4-17-18(12-15)22(17,2)26)28-21(16)24(14)6-5-23-7-9-27-10-8-23/h3-4,11-13,17-18,26H,5-10H2,1-2H3. The predicted molar refractivity (Wildman–Crippen MR) is 111 cm³/mol. The topological polar surface area (TPSA) is 54.7 Å². The van der Waals surface area contributed by atoms with Gasteiger partial charge in [-0.05, 0) is 26.0 Å². The van der Waals surface area contributed by atoms with Crippen molar-refractivity contribution in [3.05, 3.63) is 46.5 Å². The Bertz CT molecular complexity index is 991. The molecule has 1 saturated heterocycles. The summed E-state index contributed by atoms with van der Waals surface area (Å²) in [5.74, 6) is 0.310. The number of aromatic nitrogens is 1. The number of carbonyl (C=O) groups is 1. The highest BCUT2D eigenvalue weighted by Crippen LogP contribution is 2.54. The van der Waals surface area contributed by atoms with Gasteiger partial charge in [0, 0.05) is 54.7 Å². The first-order chi connectivity index (χ1) is 13.4. The van der Waals surface area contributed by atoms with Crippen LogP contribution in [-0.2, 0) is 11.3 Å². The zero-order valence-electron chi connectivity index (χ0n) is 16.4. The Labute approximate surface area is 168 Å². The van der Waals surface area contributed by atoms with Crippen LogP contribution in [0.25, 0.3) is 10.2 Å². The van der Waals surface area contributed by atoms with Crippen LogP contribution in [0.3, 0.4) is 0 Å². The van der Waals surface area contributed by atoms with Gasteiger partial charge in [-0.15, -0.1) is 11.3 Å². The summed E-state index contributed by atoms with van der Waals surface area (Å²) in [5, 5.41) is 11.4. The van der Waals surface area contributed by atoms with Gasteiger partial charge in [0.05, 0.1) is 23.7 Å². The van der Waals surface area contributed by atoms with E-state index < -0.39 is 5.60 Å². The third kappa shape index (κ3) is 2.99. The molecule has 2 fully saturated rings. The molecule has 3 unspecified atom stereocenters. The van der Waals surface area contributed by atoms with E-state index in [1.54, 1.807) is 11.3 Å². The monoisotopic (exact) mass is 398 g/mol. The lowest BCUT2D eigenvalue weighted by atomic mass is 10.0. The van der Waals surface area contributed by atoms with Crippen molar-refractivity contribution >= 4 is 27.3 Å². The van der Waals surface area contributed by atoms with Crippen LogP contribution >= 0.6 is 11.3 Å². The number of morpholine rings is 1. The van der Waals surface area contributed by atoms with Crippen molar-refractivity contribution in [2.75, 3.05) is 32.8 Å². The number of Topliss-reactive ketones (excluding diaryl/α,β-unsaturated/α-hetero) is 1. The van der Waals surface area contributed by atoms with Crippen molar-refractivity contribution in [1.82, 2.24) is 9.47 Å². The highest BCUT2D eigenvalue weighted by atomic mass is 32.1. The van der Waals surface area contributed by atoms with Gasteiger partial charge < -0.3 is 14.4 Å². The van der Waals surface area contributed by atoms with E-state index in [-0.39, 0.29) is 17.6 Å². The number of aryl methyl sites for hydroxylation is 1. The van der Waals surface area contributed by atoms with Crippen LogP contribution in [0.4, 0.5) is 0 Å². The van der Waals surface area contributed by atoms with Crippen molar-refractivity contribution in [3.63, 3.8) is 0 Å². The maximum absolute atomic E-state index is 13.0. The Kier molecular flexibility index (Phi) is 4.36. The van der Waals surface area contributed by atoms with Gasteiger partial charge in [0.2, 0.25) is 5.78 Å². The Hall–Kier alpha value is -1.73. The van der Waals surface area contributed by atoms with Gasteiger partial charge in [0.15, 0.2) is 0 Å². The average Bonchev–Trinajstić information content (AvgIpc) is 2.97. The van der Waals surface area contributed by atoms with Gasteiger partial charge in [-0.1, -0.05) is 18.2 Å². The molecule has 1 saturated carbocycles. The molecule has 3 aliphatic rings. The maximum Gasteiger partial charge on any atom is 0.202 e. The van der Waals surface area contributed by atoms with Gasteiger partial charge in [0.25, 0.3) is 0 Å². The van der Waals surface area contributed by atoms with Crippen molar-refractivity contribution in [1.29, 1.82) is 0 Å². The molecule has 0 radical (unpaired) electrons. The summed E-state index contributed by atoms with van der Waals surface area (Å²) in [5.41, 5.74) is 1.26. The largest absolute Gasteiger partial charge is 0.389 e. The third-order valence-electron chi connectivity index (χ3n) is 6.47. The van der Waals surface area contributed by atoms with Crippen LogP contribution < -0.4 is 0 Å². The number of thiophene rings is 1. The summed E-state index contributed by atoms with van der Waals surface area (Å²) in [6.45, 7) is 9.52. The number of ketones is 1. The summed E-state index contributed by atoms with van der Waals surface area (Å²) in [6, 6.07) is 4.20. The lowest BCUT2D eigenvalue weighted by Crippen LogP contribution is -2.38. The molecule has 2 aliphatic carbocycles. The summed E-state index contributed by atoms with van der Waals surface area (Å²) < 4.78 is 7.76. The number of fused-ring (bicyclic) bond motifs is 2. The molecular weight excluding hydrogens is 372 g/mol. The minimum Gasteiger partial charge on any atom is -0.389 e. The lowest BCUT2D eigenvalue weighted by Gasteiger charge is -2.26. The van der Waals surface area contributed by atoms with E-state index in [1.807, 2.05) is 31.2 Å². The molecule has 6 heteroatoms. The number of ether oxygens (including phenoxy) is 1. The first-order valence-corrected chi connectivity index (χ1v) is 10.8. The van der Waals surface area contributed by atoms with Crippen LogP contribution in [0.15, 0.2) is 35.9 Å². The molecule has 5 nitrogen and oxygen atoms in total. The van der Waals surface area contributed by atoms with Crippen LogP contribution in [0.2, 0.25) is 0 Å². The van der Waals surface area contributed by atoms with Crippen molar-refractivity contribution < 1.29 is 14.6 Å². The fraction of sp³-hybridized carbons (Fsp3) is 0.500. The van der Waals surface area contributed by atoms with E-state index in [4.69, 9.17) is 4.74 Å². The van der Waals surface area contributed by atoms with E-state index in [0.717, 1.165) is 49.7 Å². The zero-order valence-corrected chi connectivity index (χ0v) is 17.2. The van der Waals surface area contributed by atoms with Crippen molar-refractivity contribution in [2.24, 2.45) is 11.8 Å². The molecular formula is C22H26N2O3S. The lowest BCUT2D eigenvalue weighted by molar-refractivity contribution is 0.0365. The molecule has 1 N–H and O–H groups in total. The second-order valence-corrected chi connectivity index (χ2v) is 9.38. The molecule has 2 aromatic rings. The highest BCUT2D eigenvalue weighted by Gasteiger charge is 2.58. The maximum atomic E-state index is 13.0. The second-order valence-electron chi connectivity index (χ2n) is 8.35. The van der Waals surface area contributed by atoms with Crippen LogP contribution in [0, 0.1) is 18.8 Å². The number of hydrogen-bond donors (Lipinski definition) is 1. The van der Waals surface area contributed by atoms with Gasteiger partial charge in [-0.2, -0.15) is 0 Å². The molecule has 2 aromatic heterocycles. The molecule has 0 spiro atoms. The first-order valence-electron chi connectivity index (χ1n) is 10.0. The Morgan fingerprint density at radius 3 is 2.82 bits per heavy atom. The number of allylic oxidation sites excluding steroid dienone is 2. The minimum atomic E-state index is -0.689. The molecule has 1 aliphatic heterocycles. The van der Waals surface area contributed by atoms with Crippen molar-refractivity contribution in [2.45, 2.75) is 26.0 Å². The molecule has 0 amide bonds. The molecule has 3 atom stereocenters. The number of hydrogen-bond acceptors (Lipinski definition) is 5. The fourth-order valence-electron chi connectivity index (χ4n) is 4.53. The Morgan fingerprint density at radius 2 is 2.07 bits per heavy atom. The Morgan fingerprint density at radius 1 is 1.29 bits per heavy atom. The van der Waals surface area contributed by atoms with Crippen LogP contribution in [-0.4, -0.2) is 58.8 Å². The highest BCUT2D eigenvalue weighted by molar-refractivity contribution is 7.20. The number of aliphatic hydroxyl groups is 1. The zero-order chi connectivity index (χ0) is 19.5. The fourth-order valence-corrected chi connectivity index (χ4v) is 5.72. The molecule has 3 heterocycles. The summed E-state index contributed by atoms with van der Waals surface area (Å²) in [7, 11) is 0. The third-order valence-corrected chi connectivity index (χ3v) is 7.65. The van der Waals surface area contributed by atoms with Gasteiger partial charge in [-0.25, -0.2) is 0 Å². The summed E-state index contributed by atoms with van der Waals surface area (Å²) >= 11 is 1.58. The van der Waals surface area contributed by atoms with E-state index >= 15 is 0 Å². The minimum absolute atomic E-state index is 0.0657. The van der Waals surface area contributed by atoms with Gasteiger partial charge in [0.1, 0.15) is 4.83 Å². The quantitative estimate of drug-likeness (QED) is 0.787. The smallest absolute Gasteiger partial charge is 0.202 e. The molecule has 0 bridgehead atoms. The molecule has 5 rings (SSSR count). The first kappa shape index (κ1) is 18.3. The number of carbonyl (C=O) groups excluding carboxylic acids is 1. The van der Waals surface area contributed by atoms with Crippen LogP contribution in [0.5, 0.6) is 0 Å². The summed E-state index contributed by atoms with van der Waals surface area (Å²) in [6.07, 6.45) is 5.82. The molecule has 148 valence electrons. The van der Waals surface area contributed by atoms with E-state index in [0.29, 0.717) is 5.57 Å². The Balaban J connectivity index is 1.36. The number of rotatable bonds is 5. The normalized spacial score (nSPS) is 29.8. The van der Waals surface area contributed by atoms with Gasteiger partial charge in [-0.3, -0.25) is 9.69 Å². The predicted octanol–water partition coefficient (Wildman–Crippen LogP) is 3.02. The van der Waals surface area contributed by atoms with E-state index in [1.165, 1.54) is 10.5 Å². The molecule has 28 heavy (non-hydrogen) atoms. The van der Waals surface area contributed by atoms with Crippen molar-refractivity contribution in [3.8, 4) is 0 Å². The number of nitrogens with zero attached hydrogens (tertiary/aromatic N) is 2. The van der Waals surface area contributed by atoms with Crippen LogP contribution in [0.1, 0.15) is 22.3 Å². The summed E-state index contributed by atoms with van der Waals surface area (Å²) in [4.78, 5) is 17.4. The molecule has 0 aromatic carbocycles. The van der Waals surface area contributed by atoms with Gasteiger partial charge >= 0.3 is 0 Å². The van der Waals surface area contributed by atoms with E-state index in [9.17, 15) is 9.90 Å².